The van der Waals surface area contributed by atoms with Crippen LogP contribution in [0.5, 0.6) is 0 Å². The molecule has 4 nitrogen and oxygen atoms in total. The van der Waals surface area contributed by atoms with Gasteiger partial charge in [-0.3, -0.25) is 4.90 Å². The summed E-state index contributed by atoms with van der Waals surface area (Å²) in [5.74, 6) is 0.454. The number of guanidine groups is 1. The summed E-state index contributed by atoms with van der Waals surface area (Å²) in [6, 6.07) is 17.4. The predicted octanol–water partition coefficient (Wildman–Crippen LogP) is 4.91. The summed E-state index contributed by atoms with van der Waals surface area (Å²) >= 11 is 0. The van der Waals surface area contributed by atoms with Crippen molar-refractivity contribution in [2.45, 2.75) is 52.2 Å². The molecule has 1 aliphatic rings. The van der Waals surface area contributed by atoms with E-state index < -0.39 is 0 Å². The van der Waals surface area contributed by atoms with E-state index in [2.05, 4.69) is 65.5 Å². The molecule has 1 fully saturated rings. The van der Waals surface area contributed by atoms with Crippen LogP contribution < -0.4 is 11.1 Å². The van der Waals surface area contributed by atoms with E-state index in [9.17, 15) is 0 Å². The molecule has 1 heterocycles. The minimum Gasteiger partial charge on any atom is -0.370 e. The molecule has 1 unspecified atom stereocenters. The van der Waals surface area contributed by atoms with E-state index in [1.165, 1.54) is 42.5 Å². The lowest BCUT2D eigenvalue weighted by Crippen LogP contribution is -2.37. The lowest BCUT2D eigenvalue weighted by molar-refractivity contribution is 0.152. The Morgan fingerprint density at radius 2 is 1.81 bits per heavy atom. The summed E-state index contributed by atoms with van der Waals surface area (Å²) in [6.45, 7) is 7.20. The SMILES string of the molecule is Cc1ccc(NC(N)=NCc2ccccc2CN2CCCCC2C)cc1.I. The number of piperidine rings is 1. The largest absolute Gasteiger partial charge is 0.370 e. The zero-order chi connectivity index (χ0) is 18.4. The smallest absolute Gasteiger partial charge is 0.193 e. The molecule has 0 saturated carbocycles. The first kappa shape index (κ1) is 21.7. The van der Waals surface area contributed by atoms with Gasteiger partial charge < -0.3 is 11.1 Å². The Morgan fingerprint density at radius 1 is 1.11 bits per heavy atom. The average molecular weight is 478 g/mol. The van der Waals surface area contributed by atoms with Gasteiger partial charge >= 0.3 is 0 Å². The number of hydrogen-bond acceptors (Lipinski definition) is 2. The molecule has 0 amide bonds. The number of anilines is 1. The molecule has 146 valence electrons. The van der Waals surface area contributed by atoms with Gasteiger partial charge in [0.2, 0.25) is 0 Å². The summed E-state index contributed by atoms with van der Waals surface area (Å²) < 4.78 is 0. The van der Waals surface area contributed by atoms with Crippen molar-refractivity contribution in [1.82, 2.24) is 4.90 Å². The number of rotatable bonds is 5. The summed E-state index contributed by atoms with van der Waals surface area (Å²) in [4.78, 5) is 7.13. The molecule has 27 heavy (non-hydrogen) atoms. The van der Waals surface area contributed by atoms with Crippen molar-refractivity contribution >= 4 is 35.6 Å². The molecule has 0 aromatic heterocycles. The fraction of sp³-hybridized carbons (Fsp3) is 0.409. The van der Waals surface area contributed by atoms with Gasteiger partial charge in [0.15, 0.2) is 5.96 Å². The number of hydrogen-bond donors (Lipinski definition) is 2. The highest BCUT2D eigenvalue weighted by Crippen LogP contribution is 2.21. The molecule has 0 aliphatic carbocycles. The van der Waals surface area contributed by atoms with Crippen LogP contribution in [0.3, 0.4) is 0 Å². The van der Waals surface area contributed by atoms with Crippen LogP contribution in [-0.2, 0) is 13.1 Å². The van der Waals surface area contributed by atoms with Gasteiger partial charge in [0.1, 0.15) is 0 Å². The molecule has 3 N–H and O–H groups in total. The topological polar surface area (TPSA) is 53.6 Å². The van der Waals surface area contributed by atoms with Gasteiger partial charge in [-0.25, -0.2) is 4.99 Å². The molecule has 5 heteroatoms. The Morgan fingerprint density at radius 3 is 2.52 bits per heavy atom. The van der Waals surface area contributed by atoms with E-state index in [0.29, 0.717) is 18.5 Å². The highest BCUT2D eigenvalue weighted by atomic mass is 127. The molecule has 2 aromatic rings. The summed E-state index contributed by atoms with van der Waals surface area (Å²) in [5.41, 5.74) is 10.9. The van der Waals surface area contributed by atoms with Crippen LogP contribution in [0, 0.1) is 6.92 Å². The monoisotopic (exact) mass is 478 g/mol. The van der Waals surface area contributed by atoms with Crippen LogP contribution in [0.1, 0.15) is 42.9 Å². The summed E-state index contributed by atoms with van der Waals surface area (Å²) in [6.07, 6.45) is 3.95. The maximum absolute atomic E-state index is 6.08. The minimum atomic E-state index is 0. The molecule has 3 rings (SSSR count). The van der Waals surface area contributed by atoms with E-state index in [-0.39, 0.29) is 24.0 Å². The third-order valence-electron chi connectivity index (χ3n) is 5.18. The van der Waals surface area contributed by atoms with Crippen molar-refractivity contribution in [3.63, 3.8) is 0 Å². The first-order valence-electron chi connectivity index (χ1n) is 9.56. The van der Waals surface area contributed by atoms with Crippen molar-refractivity contribution in [3.8, 4) is 0 Å². The van der Waals surface area contributed by atoms with Gasteiger partial charge in [-0.2, -0.15) is 0 Å². The Bertz CT molecular complexity index is 742. The number of nitrogens with one attached hydrogen (secondary N) is 1. The normalized spacial score (nSPS) is 18.0. The lowest BCUT2D eigenvalue weighted by atomic mass is 10.0. The fourth-order valence-electron chi connectivity index (χ4n) is 3.47. The molecular formula is C22H31IN4. The number of aryl methyl sites for hydroxylation is 1. The van der Waals surface area contributed by atoms with Crippen LogP contribution in [0.4, 0.5) is 5.69 Å². The maximum atomic E-state index is 6.08. The predicted molar refractivity (Wildman–Crippen MR) is 126 cm³/mol. The van der Waals surface area contributed by atoms with Crippen LogP contribution in [0.2, 0.25) is 0 Å². The van der Waals surface area contributed by atoms with Gasteiger partial charge in [-0.05, 0) is 56.5 Å². The molecule has 0 spiro atoms. The third kappa shape index (κ3) is 6.50. The van der Waals surface area contributed by atoms with Crippen molar-refractivity contribution < 1.29 is 0 Å². The van der Waals surface area contributed by atoms with E-state index in [0.717, 1.165) is 12.2 Å². The second-order valence-electron chi connectivity index (χ2n) is 7.28. The first-order valence-corrected chi connectivity index (χ1v) is 9.56. The van der Waals surface area contributed by atoms with Gasteiger partial charge in [-0.1, -0.05) is 48.4 Å². The molecule has 1 atom stereocenters. The van der Waals surface area contributed by atoms with E-state index in [1.54, 1.807) is 0 Å². The van der Waals surface area contributed by atoms with Crippen molar-refractivity contribution in [2.24, 2.45) is 10.7 Å². The molecule has 0 radical (unpaired) electrons. The van der Waals surface area contributed by atoms with Gasteiger partial charge in [-0.15, -0.1) is 24.0 Å². The second-order valence-corrected chi connectivity index (χ2v) is 7.28. The van der Waals surface area contributed by atoms with Crippen LogP contribution in [0.25, 0.3) is 0 Å². The van der Waals surface area contributed by atoms with Crippen molar-refractivity contribution in [2.75, 3.05) is 11.9 Å². The Kier molecular flexibility index (Phi) is 8.57. The summed E-state index contributed by atoms with van der Waals surface area (Å²) in [7, 11) is 0. The number of benzene rings is 2. The maximum Gasteiger partial charge on any atom is 0.193 e. The second kappa shape index (κ2) is 10.7. The number of halogens is 1. The lowest BCUT2D eigenvalue weighted by Gasteiger charge is -2.33. The Hall–Kier alpha value is -1.60. The zero-order valence-corrected chi connectivity index (χ0v) is 18.6. The fourth-order valence-corrected chi connectivity index (χ4v) is 3.47. The first-order chi connectivity index (χ1) is 12.6. The molecule has 2 aromatic carbocycles. The van der Waals surface area contributed by atoms with Gasteiger partial charge in [0.25, 0.3) is 0 Å². The number of nitrogens with zero attached hydrogens (tertiary/aromatic N) is 2. The number of likely N-dealkylation sites (tertiary alicyclic amines) is 1. The molecule has 0 bridgehead atoms. The average Bonchev–Trinajstić information content (AvgIpc) is 2.65. The highest BCUT2D eigenvalue weighted by Gasteiger charge is 2.18. The number of nitrogens with two attached hydrogens (primary N) is 1. The highest BCUT2D eigenvalue weighted by molar-refractivity contribution is 14.0. The van der Waals surface area contributed by atoms with E-state index >= 15 is 0 Å². The third-order valence-corrected chi connectivity index (χ3v) is 5.18. The van der Waals surface area contributed by atoms with Crippen molar-refractivity contribution in [1.29, 1.82) is 0 Å². The Labute approximate surface area is 180 Å². The van der Waals surface area contributed by atoms with Crippen LogP contribution in [-0.4, -0.2) is 23.4 Å². The minimum absolute atomic E-state index is 0. The van der Waals surface area contributed by atoms with Gasteiger partial charge in [0.05, 0.1) is 6.54 Å². The summed E-state index contributed by atoms with van der Waals surface area (Å²) in [5, 5.41) is 3.16. The molecule has 1 saturated heterocycles. The standard InChI is InChI=1S/C22H30N4.HI/c1-17-10-12-21(13-11-17)25-22(23)24-15-19-8-3-4-9-20(19)16-26-14-6-5-7-18(26)2;/h3-4,8-13,18H,5-7,14-16H2,1-2H3,(H3,23,24,25);1H. The van der Waals surface area contributed by atoms with E-state index in [1.807, 2.05) is 12.1 Å². The quantitative estimate of drug-likeness (QED) is 0.365. The number of aliphatic imine (C=N–C) groups is 1. The van der Waals surface area contributed by atoms with E-state index in [4.69, 9.17) is 5.73 Å². The van der Waals surface area contributed by atoms with Gasteiger partial charge in [0, 0.05) is 18.3 Å². The van der Waals surface area contributed by atoms with Crippen LogP contribution in [0.15, 0.2) is 53.5 Å². The molecular weight excluding hydrogens is 447 g/mol. The van der Waals surface area contributed by atoms with Crippen molar-refractivity contribution in [3.05, 3.63) is 65.2 Å². The Balaban J connectivity index is 0.00000261. The van der Waals surface area contributed by atoms with Crippen LogP contribution >= 0.6 is 24.0 Å². The molecule has 1 aliphatic heterocycles. The zero-order valence-electron chi connectivity index (χ0n) is 16.3.